The predicted octanol–water partition coefficient (Wildman–Crippen LogP) is 5.55. The minimum absolute atomic E-state index is 0.0699. The van der Waals surface area contributed by atoms with Gasteiger partial charge in [0.2, 0.25) is 5.91 Å². The van der Waals surface area contributed by atoms with Gasteiger partial charge < -0.3 is 14.8 Å². The highest BCUT2D eigenvalue weighted by Gasteiger charge is 2.37. The molecule has 3 aromatic carbocycles. The second kappa shape index (κ2) is 9.94. The number of nitrogens with zero attached hydrogens (tertiary/aromatic N) is 1. The number of imide groups is 1. The Morgan fingerprint density at radius 3 is 2.50 bits per heavy atom. The molecule has 0 spiro atoms. The van der Waals surface area contributed by atoms with Gasteiger partial charge in [-0.15, -0.1) is 0 Å². The Morgan fingerprint density at radius 2 is 1.81 bits per heavy atom. The van der Waals surface area contributed by atoms with E-state index in [4.69, 9.17) is 9.47 Å². The second-order valence-electron chi connectivity index (χ2n) is 7.66. The van der Waals surface area contributed by atoms with Crippen LogP contribution in [0.5, 0.6) is 11.5 Å². The zero-order valence-corrected chi connectivity index (χ0v) is 19.8. The van der Waals surface area contributed by atoms with Crippen LogP contribution in [0.4, 0.5) is 23.7 Å². The molecule has 4 rings (SSSR count). The number of nitrogens with one attached hydrogen (secondary N) is 1. The number of anilines is 1. The van der Waals surface area contributed by atoms with Crippen LogP contribution < -0.4 is 14.8 Å². The summed E-state index contributed by atoms with van der Waals surface area (Å²) in [6.07, 6.45) is -3.07. The molecular weight excluding hydrogens is 497 g/mol. The minimum Gasteiger partial charge on any atom is -0.497 e. The Kier molecular flexibility index (Phi) is 6.93. The first-order valence-corrected chi connectivity index (χ1v) is 11.3. The number of carbonyl (C=O) groups is 3. The van der Waals surface area contributed by atoms with E-state index in [0.717, 1.165) is 33.9 Å². The molecule has 7 nitrogen and oxygen atoms in total. The molecule has 3 aromatic rings. The number of fused-ring (bicyclic) bond motifs is 1. The fourth-order valence-corrected chi connectivity index (χ4v) is 4.46. The van der Waals surface area contributed by atoms with E-state index in [2.05, 4.69) is 5.32 Å². The summed E-state index contributed by atoms with van der Waals surface area (Å²) in [4.78, 5) is 38.7. The van der Waals surface area contributed by atoms with Crippen LogP contribution in [0.3, 0.4) is 0 Å². The fourth-order valence-electron chi connectivity index (χ4n) is 3.64. The van der Waals surface area contributed by atoms with Crippen molar-refractivity contribution in [2.24, 2.45) is 0 Å². The number of halogens is 3. The number of carbonyl (C=O) groups excluding carboxylic acids is 3. The molecule has 0 unspecified atom stereocenters. The van der Waals surface area contributed by atoms with Gasteiger partial charge in [-0.05, 0) is 65.0 Å². The standard InChI is InChI=1S/C25H19F3N2O5S/c1-34-17-8-6-14-7-9-20(35-2)19(18(14)11-17)12-21-23(32)30(24(33)36-21)13-22(31)29-16-5-3-4-15(10-16)25(26,27)28/h3-12H,13H2,1-2H3,(H,29,31). The molecule has 1 saturated heterocycles. The summed E-state index contributed by atoms with van der Waals surface area (Å²) in [6.45, 7) is -0.654. The maximum Gasteiger partial charge on any atom is 0.416 e. The normalized spacial score (nSPS) is 15.0. The van der Waals surface area contributed by atoms with E-state index in [0.29, 0.717) is 28.8 Å². The van der Waals surface area contributed by atoms with Crippen molar-refractivity contribution in [2.75, 3.05) is 26.1 Å². The molecule has 0 radical (unpaired) electrons. The summed E-state index contributed by atoms with van der Waals surface area (Å²) in [6, 6.07) is 13.0. The minimum atomic E-state index is -4.58. The van der Waals surface area contributed by atoms with Gasteiger partial charge in [0.15, 0.2) is 0 Å². The van der Waals surface area contributed by atoms with E-state index < -0.39 is 35.3 Å². The number of amides is 3. The van der Waals surface area contributed by atoms with Crippen molar-refractivity contribution in [3.05, 3.63) is 70.6 Å². The van der Waals surface area contributed by atoms with Crippen molar-refractivity contribution in [2.45, 2.75) is 6.18 Å². The van der Waals surface area contributed by atoms with Crippen LogP contribution in [0.25, 0.3) is 16.8 Å². The van der Waals surface area contributed by atoms with Gasteiger partial charge >= 0.3 is 6.18 Å². The van der Waals surface area contributed by atoms with E-state index in [1.54, 1.807) is 18.2 Å². The molecule has 0 atom stereocenters. The van der Waals surface area contributed by atoms with Crippen LogP contribution in [0.1, 0.15) is 11.1 Å². The maximum absolute atomic E-state index is 13.0. The van der Waals surface area contributed by atoms with Crippen LogP contribution in [-0.2, 0) is 15.8 Å². The lowest BCUT2D eigenvalue weighted by molar-refractivity contribution is -0.137. The first kappa shape index (κ1) is 25.1. The first-order chi connectivity index (χ1) is 17.1. The largest absolute Gasteiger partial charge is 0.497 e. The molecule has 36 heavy (non-hydrogen) atoms. The maximum atomic E-state index is 13.0. The average Bonchev–Trinajstić information content (AvgIpc) is 3.10. The Labute approximate surface area is 207 Å². The molecule has 1 heterocycles. The number of ether oxygens (including phenoxy) is 2. The van der Waals surface area contributed by atoms with E-state index in [1.807, 2.05) is 12.1 Å². The number of thioether (sulfide) groups is 1. The SMILES string of the molecule is COc1ccc2ccc(OC)c(C=C3SC(=O)N(CC(=O)Nc4cccc(C(F)(F)F)c4)C3=O)c2c1. The summed E-state index contributed by atoms with van der Waals surface area (Å²) in [5.74, 6) is -0.467. The van der Waals surface area contributed by atoms with Crippen molar-refractivity contribution in [1.82, 2.24) is 4.90 Å². The summed E-state index contributed by atoms with van der Waals surface area (Å²) in [7, 11) is 3.00. The lowest BCUT2D eigenvalue weighted by Gasteiger charge is -2.14. The molecule has 1 aliphatic heterocycles. The molecule has 0 aromatic heterocycles. The molecule has 1 aliphatic rings. The Bertz CT molecular complexity index is 1400. The number of alkyl halides is 3. The van der Waals surface area contributed by atoms with Crippen molar-refractivity contribution >= 4 is 51.4 Å². The Balaban J connectivity index is 1.58. The molecule has 186 valence electrons. The van der Waals surface area contributed by atoms with Crippen molar-refractivity contribution in [3.63, 3.8) is 0 Å². The Hall–Kier alpha value is -3.99. The topological polar surface area (TPSA) is 84.9 Å². The lowest BCUT2D eigenvalue weighted by Crippen LogP contribution is -2.36. The predicted molar refractivity (Wildman–Crippen MR) is 130 cm³/mol. The molecule has 1 N–H and O–H groups in total. The number of hydrogen-bond acceptors (Lipinski definition) is 6. The van der Waals surface area contributed by atoms with Gasteiger partial charge in [0.1, 0.15) is 18.0 Å². The van der Waals surface area contributed by atoms with Gasteiger partial charge in [-0.2, -0.15) is 13.2 Å². The fraction of sp³-hybridized carbons (Fsp3) is 0.160. The smallest absolute Gasteiger partial charge is 0.416 e. The summed E-state index contributed by atoms with van der Waals surface area (Å²) in [5, 5.41) is 3.19. The highest BCUT2D eigenvalue weighted by Crippen LogP contribution is 2.38. The van der Waals surface area contributed by atoms with Crippen LogP contribution in [0, 0.1) is 0 Å². The highest BCUT2D eigenvalue weighted by atomic mass is 32.2. The molecular formula is C25H19F3N2O5S. The molecule has 0 bridgehead atoms. The molecule has 11 heteroatoms. The third-order valence-corrected chi connectivity index (χ3v) is 6.28. The van der Waals surface area contributed by atoms with Crippen LogP contribution in [-0.4, -0.2) is 42.7 Å². The van der Waals surface area contributed by atoms with Crippen LogP contribution in [0.15, 0.2) is 59.5 Å². The van der Waals surface area contributed by atoms with Gasteiger partial charge in [-0.1, -0.05) is 18.2 Å². The number of benzene rings is 3. The second-order valence-corrected chi connectivity index (χ2v) is 8.66. The van der Waals surface area contributed by atoms with Gasteiger partial charge in [0.05, 0.1) is 24.7 Å². The summed E-state index contributed by atoms with van der Waals surface area (Å²) < 4.78 is 49.5. The number of hydrogen-bond donors (Lipinski definition) is 1. The van der Waals surface area contributed by atoms with Crippen LogP contribution >= 0.6 is 11.8 Å². The van der Waals surface area contributed by atoms with Crippen molar-refractivity contribution < 1.29 is 37.0 Å². The first-order valence-electron chi connectivity index (χ1n) is 10.5. The quantitative estimate of drug-likeness (QED) is 0.433. The van der Waals surface area contributed by atoms with E-state index in [9.17, 15) is 27.6 Å². The molecule has 0 saturated carbocycles. The highest BCUT2D eigenvalue weighted by molar-refractivity contribution is 8.18. The van der Waals surface area contributed by atoms with E-state index >= 15 is 0 Å². The summed E-state index contributed by atoms with van der Waals surface area (Å²) in [5.41, 5.74) is -0.491. The van der Waals surface area contributed by atoms with Gasteiger partial charge in [0.25, 0.3) is 11.1 Å². The lowest BCUT2D eigenvalue weighted by atomic mass is 10.0. The molecule has 3 amide bonds. The van der Waals surface area contributed by atoms with Crippen molar-refractivity contribution in [3.8, 4) is 11.5 Å². The average molecular weight is 516 g/mol. The molecule has 1 fully saturated rings. The zero-order valence-electron chi connectivity index (χ0n) is 19.0. The van der Waals surface area contributed by atoms with Gasteiger partial charge in [-0.25, -0.2) is 0 Å². The summed E-state index contributed by atoms with van der Waals surface area (Å²) >= 11 is 0.651. The number of methoxy groups -OCH3 is 2. The van der Waals surface area contributed by atoms with E-state index in [-0.39, 0.29) is 10.6 Å². The Morgan fingerprint density at radius 1 is 1.06 bits per heavy atom. The van der Waals surface area contributed by atoms with Gasteiger partial charge in [-0.3, -0.25) is 19.3 Å². The van der Waals surface area contributed by atoms with E-state index in [1.165, 1.54) is 26.4 Å². The molecule has 0 aliphatic carbocycles. The monoisotopic (exact) mass is 516 g/mol. The third kappa shape index (κ3) is 5.15. The van der Waals surface area contributed by atoms with Crippen molar-refractivity contribution in [1.29, 1.82) is 0 Å². The van der Waals surface area contributed by atoms with Crippen LogP contribution in [0.2, 0.25) is 0 Å². The third-order valence-electron chi connectivity index (χ3n) is 5.37. The van der Waals surface area contributed by atoms with Gasteiger partial charge in [0, 0.05) is 11.3 Å². The zero-order chi connectivity index (χ0) is 26.0. The number of rotatable bonds is 6.